The Kier molecular flexibility index (Phi) is 7.77. The SMILES string of the molecule is COCC(O)OC[C@H]1OC[C@H](OC(O)COC)[C@H]1C. The zero-order chi connectivity index (χ0) is 14.3. The molecular formula is C12H24O7. The van der Waals surface area contributed by atoms with Crippen LogP contribution in [-0.4, -0.2) is 75.6 Å². The van der Waals surface area contributed by atoms with Crippen molar-refractivity contribution in [3.8, 4) is 0 Å². The third-order valence-electron chi connectivity index (χ3n) is 3.05. The summed E-state index contributed by atoms with van der Waals surface area (Å²) in [5, 5.41) is 18.9. The Hall–Kier alpha value is -0.280. The molecule has 0 radical (unpaired) electrons. The van der Waals surface area contributed by atoms with E-state index in [0.29, 0.717) is 6.61 Å². The zero-order valence-corrected chi connectivity index (χ0v) is 11.7. The molecule has 114 valence electrons. The number of ether oxygens (including phenoxy) is 5. The highest BCUT2D eigenvalue weighted by Gasteiger charge is 2.36. The van der Waals surface area contributed by atoms with Gasteiger partial charge in [0.15, 0.2) is 12.6 Å². The van der Waals surface area contributed by atoms with Gasteiger partial charge in [-0.25, -0.2) is 0 Å². The van der Waals surface area contributed by atoms with E-state index in [0.717, 1.165) is 0 Å². The number of hydrogen-bond donors (Lipinski definition) is 2. The molecular weight excluding hydrogens is 256 g/mol. The molecule has 2 unspecified atom stereocenters. The average molecular weight is 280 g/mol. The predicted molar refractivity (Wildman–Crippen MR) is 65.5 cm³/mol. The highest BCUT2D eigenvalue weighted by Crippen LogP contribution is 2.24. The van der Waals surface area contributed by atoms with Gasteiger partial charge in [0.1, 0.15) is 0 Å². The van der Waals surface area contributed by atoms with Gasteiger partial charge in [-0.2, -0.15) is 0 Å². The first kappa shape index (κ1) is 16.8. The summed E-state index contributed by atoms with van der Waals surface area (Å²) in [5.74, 6) is 0.0567. The molecule has 1 saturated heterocycles. The van der Waals surface area contributed by atoms with Gasteiger partial charge in [-0.05, 0) is 0 Å². The molecule has 1 rings (SSSR count). The topological polar surface area (TPSA) is 86.6 Å². The Morgan fingerprint density at radius 2 is 1.79 bits per heavy atom. The summed E-state index contributed by atoms with van der Waals surface area (Å²) >= 11 is 0. The Morgan fingerprint density at radius 3 is 2.42 bits per heavy atom. The summed E-state index contributed by atoms with van der Waals surface area (Å²) in [5.41, 5.74) is 0. The molecule has 1 aliphatic heterocycles. The van der Waals surface area contributed by atoms with Crippen LogP contribution in [0.1, 0.15) is 6.92 Å². The van der Waals surface area contributed by atoms with Crippen LogP contribution in [0.4, 0.5) is 0 Å². The van der Waals surface area contributed by atoms with E-state index < -0.39 is 12.6 Å². The van der Waals surface area contributed by atoms with Crippen LogP contribution in [0, 0.1) is 5.92 Å². The van der Waals surface area contributed by atoms with Gasteiger partial charge in [-0.3, -0.25) is 0 Å². The molecule has 7 nitrogen and oxygen atoms in total. The second kappa shape index (κ2) is 8.80. The van der Waals surface area contributed by atoms with E-state index in [1.54, 1.807) is 0 Å². The van der Waals surface area contributed by atoms with Gasteiger partial charge < -0.3 is 33.9 Å². The summed E-state index contributed by atoms with van der Waals surface area (Å²) in [6.07, 6.45) is -2.30. The minimum Gasteiger partial charge on any atom is -0.379 e. The zero-order valence-electron chi connectivity index (χ0n) is 11.7. The summed E-state index contributed by atoms with van der Waals surface area (Å²) in [6, 6.07) is 0. The quantitative estimate of drug-likeness (QED) is 0.543. The van der Waals surface area contributed by atoms with Crippen molar-refractivity contribution < 1.29 is 33.9 Å². The summed E-state index contributed by atoms with van der Waals surface area (Å²) < 4.78 is 25.7. The molecule has 0 bridgehead atoms. The number of rotatable bonds is 9. The minimum absolute atomic E-state index is 0.0567. The highest BCUT2D eigenvalue weighted by molar-refractivity contribution is 4.81. The standard InChI is InChI=1S/C12H24O7/c1-8-9(4-18-11(13)6-15-2)17-5-10(8)19-12(14)7-16-3/h8-14H,4-7H2,1-3H3/t8-,9+,10-,11?,12?/m0/s1. The van der Waals surface area contributed by atoms with Crippen molar-refractivity contribution in [2.75, 3.05) is 40.6 Å². The van der Waals surface area contributed by atoms with Crippen LogP contribution in [0.2, 0.25) is 0 Å². The van der Waals surface area contributed by atoms with E-state index in [4.69, 9.17) is 23.7 Å². The van der Waals surface area contributed by atoms with Gasteiger partial charge in [0.05, 0.1) is 38.6 Å². The van der Waals surface area contributed by atoms with Gasteiger partial charge >= 0.3 is 0 Å². The Balaban J connectivity index is 2.28. The maximum absolute atomic E-state index is 9.51. The number of hydrogen-bond acceptors (Lipinski definition) is 7. The normalized spacial score (nSPS) is 30.5. The van der Waals surface area contributed by atoms with Gasteiger partial charge in [-0.15, -0.1) is 0 Å². The number of methoxy groups -OCH3 is 2. The van der Waals surface area contributed by atoms with Gasteiger partial charge in [0.2, 0.25) is 0 Å². The van der Waals surface area contributed by atoms with Crippen LogP contribution in [0.25, 0.3) is 0 Å². The first-order valence-electron chi connectivity index (χ1n) is 6.31. The van der Waals surface area contributed by atoms with Crippen LogP contribution in [0.3, 0.4) is 0 Å². The molecule has 5 atom stereocenters. The molecule has 1 fully saturated rings. The van der Waals surface area contributed by atoms with Crippen molar-refractivity contribution in [1.82, 2.24) is 0 Å². The minimum atomic E-state index is -0.959. The van der Waals surface area contributed by atoms with Crippen LogP contribution >= 0.6 is 0 Å². The van der Waals surface area contributed by atoms with E-state index in [1.807, 2.05) is 6.92 Å². The largest absolute Gasteiger partial charge is 0.379 e. The van der Waals surface area contributed by atoms with E-state index in [-0.39, 0.29) is 37.9 Å². The lowest BCUT2D eigenvalue weighted by Gasteiger charge is -2.22. The molecule has 2 N–H and O–H groups in total. The number of aliphatic hydroxyl groups excluding tert-OH is 2. The van der Waals surface area contributed by atoms with Crippen LogP contribution < -0.4 is 0 Å². The van der Waals surface area contributed by atoms with Gasteiger partial charge in [0.25, 0.3) is 0 Å². The lowest BCUT2D eigenvalue weighted by Crippen LogP contribution is -2.33. The molecule has 19 heavy (non-hydrogen) atoms. The fourth-order valence-corrected chi connectivity index (χ4v) is 1.90. The van der Waals surface area contributed by atoms with Crippen molar-refractivity contribution >= 4 is 0 Å². The monoisotopic (exact) mass is 280 g/mol. The Bertz CT molecular complexity index is 238. The average Bonchev–Trinajstić information content (AvgIpc) is 2.69. The molecule has 1 aliphatic rings. The van der Waals surface area contributed by atoms with Crippen molar-refractivity contribution in [3.63, 3.8) is 0 Å². The fraction of sp³-hybridized carbons (Fsp3) is 1.00. The highest BCUT2D eigenvalue weighted by atomic mass is 16.7. The van der Waals surface area contributed by atoms with Gasteiger partial charge in [0, 0.05) is 20.1 Å². The molecule has 0 aromatic rings. The second-order valence-corrected chi connectivity index (χ2v) is 4.56. The first-order valence-corrected chi connectivity index (χ1v) is 6.31. The summed E-state index contributed by atoms with van der Waals surface area (Å²) in [4.78, 5) is 0. The first-order chi connectivity index (χ1) is 9.08. The smallest absolute Gasteiger partial charge is 0.178 e. The lowest BCUT2D eigenvalue weighted by molar-refractivity contribution is -0.168. The van der Waals surface area contributed by atoms with Gasteiger partial charge in [-0.1, -0.05) is 6.92 Å². The van der Waals surface area contributed by atoms with E-state index in [2.05, 4.69) is 0 Å². The van der Waals surface area contributed by atoms with Crippen LogP contribution in [-0.2, 0) is 23.7 Å². The summed E-state index contributed by atoms with van der Waals surface area (Å²) in [7, 11) is 2.98. The van der Waals surface area contributed by atoms with E-state index in [1.165, 1.54) is 14.2 Å². The Labute approximate surface area is 113 Å². The molecule has 7 heteroatoms. The van der Waals surface area contributed by atoms with Crippen LogP contribution in [0.5, 0.6) is 0 Å². The molecule has 0 amide bonds. The third-order valence-corrected chi connectivity index (χ3v) is 3.05. The van der Waals surface area contributed by atoms with Crippen molar-refractivity contribution in [2.45, 2.75) is 31.7 Å². The second-order valence-electron chi connectivity index (χ2n) is 4.56. The molecule has 1 heterocycles. The fourth-order valence-electron chi connectivity index (χ4n) is 1.90. The van der Waals surface area contributed by atoms with Crippen molar-refractivity contribution in [2.24, 2.45) is 5.92 Å². The molecule has 0 aliphatic carbocycles. The predicted octanol–water partition coefficient (Wildman–Crippen LogP) is -0.647. The van der Waals surface area contributed by atoms with Crippen molar-refractivity contribution in [1.29, 1.82) is 0 Å². The molecule has 0 saturated carbocycles. The number of aliphatic hydroxyl groups is 2. The molecule has 0 aromatic heterocycles. The maximum Gasteiger partial charge on any atom is 0.178 e. The Morgan fingerprint density at radius 1 is 1.16 bits per heavy atom. The molecule has 0 spiro atoms. The third kappa shape index (κ3) is 5.70. The lowest BCUT2D eigenvalue weighted by atomic mass is 10.0. The maximum atomic E-state index is 9.51. The van der Waals surface area contributed by atoms with E-state index in [9.17, 15) is 10.2 Å². The molecule has 0 aromatic carbocycles. The van der Waals surface area contributed by atoms with Crippen LogP contribution in [0.15, 0.2) is 0 Å². The van der Waals surface area contributed by atoms with E-state index >= 15 is 0 Å². The summed E-state index contributed by atoms with van der Waals surface area (Å²) in [6.45, 7) is 2.83. The van der Waals surface area contributed by atoms with Crippen molar-refractivity contribution in [3.05, 3.63) is 0 Å².